The second-order valence-electron chi connectivity index (χ2n) is 6.82. The number of carbonyl (C=O) groups is 1. The fraction of sp³-hybridized carbons (Fsp3) is 0.562. The van der Waals surface area contributed by atoms with Crippen LogP contribution in [0.15, 0.2) is 18.2 Å². The number of ether oxygens (including phenoxy) is 1. The minimum atomic E-state index is -4.50. The standard InChI is InChI=1S/C16H21BF3NO4/c1-14(2)15(3,4)25-17(24-14)11-7-6-10(13(22)21-5)8-12(11)23-9-16(18,19)20/h6-8H,9H2,1-5H3,(H,21,22). The summed E-state index contributed by atoms with van der Waals surface area (Å²) in [6, 6.07) is 4.23. The van der Waals surface area contributed by atoms with Crippen molar-refractivity contribution in [1.82, 2.24) is 5.32 Å². The number of hydrogen-bond acceptors (Lipinski definition) is 4. The van der Waals surface area contributed by atoms with Crippen LogP contribution in [0.3, 0.4) is 0 Å². The molecule has 1 aliphatic heterocycles. The van der Waals surface area contributed by atoms with Crippen LogP contribution in [-0.4, -0.2) is 44.1 Å². The quantitative estimate of drug-likeness (QED) is 0.839. The number of alkyl halides is 3. The van der Waals surface area contributed by atoms with Crippen molar-refractivity contribution in [1.29, 1.82) is 0 Å². The summed E-state index contributed by atoms with van der Waals surface area (Å²) in [4.78, 5) is 11.8. The van der Waals surface area contributed by atoms with E-state index in [0.29, 0.717) is 5.46 Å². The lowest BCUT2D eigenvalue weighted by Crippen LogP contribution is -2.41. The van der Waals surface area contributed by atoms with E-state index in [1.54, 1.807) is 0 Å². The van der Waals surface area contributed by atoms with Gasteiger partial charge in [-0.1, -0.05) is 6.07 Å². The first-order valence-corrected chi connectivity index (χ1v) is 7.77. The van der Waals surface area contributed by atoms with E-state index in [1.807, 2.05) is 27.7 Å². The molecule has 1 fully saturated rings. The summed E-state index contributed by atoms with van der Waals surface area (Å²) >= 11 is 0. The Hall–Kier alpha value is -1.74. The van der Waals surface area contributed by atoms with Crippen molar-refractivity contribution in [3.05, 3.63) is 23.8 Å². The maximum Gasteiger partial charge on any atom is 0.498 e. The first kappa shape index (κ1) is 19.6. The fourth-order valence-corrected chi connectivity index (χ4v) is 2.27. The minimum Gasteiger partial charge on any atom is -0.484 e. The van der Waals surface area contributed by atoms with Crippen molar-refractivity contribution in [3.8, 4) is 5.75 Å². The third kappa shape index (κ3) is 4.27. The number of carbonyl (C=O) groups excluding carboxylic acids is 1. The van der Waals surface area contributed by atoms with Gasteiger partial charge in [-0.05, 0) is 39.8 Å². The van der Waals surface area contributed by atoms with E-state index in [9.17, 15) is 18.0 Å². The Morgan fingerprint density at radius 1 is 1.20 bits per heavy atom. The minimum absolute atomic E-state index is 0.100. The number of nitrogens with one attached hydrogen (secondary N) is 1. The number of hydrogen-bond donors (Lipinski definition) is 1. The average Bonchev–Trinajstić information content (AvgIpc) is 2.71. The van der Waals surface area contributed by atoms with Crippen molar-refractivity contribution < 1.29 is 32.0 Å². The van der Waals surface area contributed by atoms with Gasteiger partial charge in [0.05, 0.1) is 11.2 Å². The Kier molecular flexibility index (Phi) is 5.12. The molecule has 1 saturated heterocycles. The lowest BCUT2D eigenvalue weighted by atomic mass is 9.78. The number of amides is 1. The highest BCUT2D eigenvalue weighted by molar-refractivity contribution is 6.63. The first-order chi connectivity index (χ1) is 11.4. The highest BCUT2D eigenvalue weighted by atomic mass is 19.4. The molecule has 0 spiro atoms. The molecule has 0 atom stereocenters. The Morgan fingerprint density at radius 2 is 1.76 bits per heavy atom. The van der Waals surface area contributed by atoms with Gasteiger partial charge in [0, 0.05) is 18.1 Å². The smallest absolute Gasteiger partial charge is 0.484 e. The molecular weight excluding hydrogens is 338 g/mol. The van der Waals surface area contributed by atoms with Gasteiger partial charge in [0.2, 0.25) is 0 Å². The predicted octanol–water partition coefficient (Wildman–Crippen LogP) is 2.29. The van der Waals surface area contributed by atoms with Crippen LogP contribution >= 0.6 is 0 Å². The normalized spacial score (nSPS) is 19.0. The van der Waals surface area contributed by atoms with Gasteiger partial charge in [-0.3, -0.25) is 4.79 Å². The van der Waals surface area contributed by atoms with Crippen LogP contribution < -0.4 is 15.5 Å². The van der Waals surface area contributed by atoms with Crippen molar-refractivity contribution in [2.75, 3.05) is 13.7 Å². The van der Waals surface area contributed by atoms with Crippen molar-refractivity contribution in [2.24, 2.45) is 0 Å². The average molecular weight is 359 g/mol. The highest BCUT2D eigenvalue weighted by Gasteiger charge is 2.52. The molecule has 0 bridgehead atoms. The molecule has 1 aromatic carbocycles. The molecule has 138 valence electrons. The topological polar surface area (TPSA) is 56.8 Å². The van der Waals surface area contributed by atoms with Crippen LogP contribution in [0.5, 0.6) is 5.75 Å². The van der Waals surface area contributed by atoms with Crippen molar-refractivity contribution >= 4 is 18.5 Å². The summed E-state index contributed by atoms with van der Waals surface area (Å²) in [5.74, 6) is -0.533. The lowest BCUT2D eigenvalue weighted by Gasteiger charge is -2.32. The Labute approximate surface area is 145 Å². The third-order valence-corrected chi connectivity index (χ3v) is 4.40. The number of benzene rings is 1. The second kappa shape index (κ2) is 6.53. The van der Waals surface area contributed by atoms with Crippen molar-refractivity contribution in [2.45, 2.75) is 45.1 Å². The molecule has 0 saturated carbocycles. The van der Waals surface area contributed by atoms with Gasteiger partial charge in [0.15, 0.2) is 6.61 Å². The van der Waals surface area contributed by atoms with Crippen molar-refractivity contribution in [3.63, 3.8) is 0 Å². The van der Waals surface area contributed by atoms with Gasteiger partial charge in [0.25, 0.3) is 5.91 Å². The monoisotopic (exact) mass is 359 g/mol. The molecule has 1 N–H and O–H groups in total. The van der Waals surface area contributed by atoms with E-state index in [2.05, 4.69) is 5.32 Å². The maximum absolute atomic E-state index is 12.6. The van der Waals surface area contributed by atoms with Gasteiger partial charge in [0.1, 0.15) is 5.75 Å². The Balaban J connectivity index is 2.38. The number of halogens is 3. The maximum atomic E-state index is 12.6. The molecule has 25 heavy (non-hydrogen) atoms. The first-order valence-electron chi connectivity index (χ1n) is 7.77. The van der Waals surface area contributed by atoms with E-state index >= 15 is 0 Å². The summed E-state index contributed by atoms with van der Waals surface area (Å²) in [7, 11) is 0.535. The van der Waals surface area contributed by atoms with E-state index in [1.165, 1.54) is 25.2 Å². The molecule has 1 aliphatic rings. The Morgan fingerprint density at radius 3 is 2.24 bits per heavy atom. The van der Waals surface area contributed by atoms with Crippen LogP contribution in [0.1, 0.15) is 38.1 Å². The van der Waals surface area contributed by atoms with Gasteiger partial charge in [-0.2, -0.15) is 13.2 Å². The van der Waals surface area contributed by atoms with Gasteiger partial charge < -0.3 is 19.4 Å². The summed E-state index contributed by atoms with van der Waals surface area (Å²) in [6.45, 7) is 5.87. The second-order valence-corrected chi connectivity index (χ2v) is 6.82. The molecule has 1 amide bonds. The molecule has 0 aromatic heterocycles. The van der Waals surface area contributed by atoms with E-state index in [-0.39, 0.29) is 11.3 Å². The summed E-state index contributed by atoms with van der Waals surface area (Å²) in [5, 5.41) is 2.42. The highest BCUT2D eigenvalue weighted by Crippen LogP contribution is 2.37. The molecule has 1 aromatic rings. The number of rotatable bonds is 4. The molecule has 0 aliphatic carbocycles. The fourth-order valence-electron chi connectivity index (χ4n) is 2.27. The van der Waals surface area contributed by atoms with Crippen LogP contribution in [0.4, 0.5) is 13.2 Å². The molecule has 1 heterocycles. The molecular formula is C16H21BF3NO4. The predicted molar refractivity (Wildman–Crippen MR) is 87.1 cm³/mol. The van der Waals surface area contributed by atoms with Crippen LogP contribution in [0, 0.1) is 0 Å². The molecule has 0 unspecified atom stereocenters. The van der Waals surface area contributed by atoms with Crippen LogP contribution in [0.2, 0.25) is 0 Å². The SMILES string of the molecule is CNC(=O)c1ccc(B2OC(C)(C)C(C)(C)O2)c(OCC(F)(F)F)c1. The van der Waals surface area contributed by atoms with Gasteiger partial charge in [-0.25, -0.2) is 0 Å². The zero-order valence-electron chi connectivity index (χ0n) is 14.8. The largest absolute Gasteiger partial charge is 0.498 e. The summed E-state index contributed by atoms with van der Waals surface area (Å²) < 4.78 is 54.3. The van der Waals surface area contributed by atoms with E-state index in [4.69, 9.17) is 14.0 Å². The van der Waals surface area contributed by atoms with Gasteiger partial charge >= 0.3 is 13.3 Å². The van der Waals surface area contributed by atoms with E-state index in [0.717, 1.165) is 0 Å². The molecule has 0 radical (unpaired) electrons. The molecule has 5 nitrogen and oxygen atoms in total. The van der Waals surface area contributed by atoms with Gasteiger partial charge in [-0.15, -0.1) is 0 Å². The zero-order valence-corrected chi connectivity index (χ0v) is 14.8. The van der Waals surface area contributed by atoms with Crippen LogP contribution in [-0.2, 0) is 9.31 Å². The molecule has 9 heteroatoms. The molecule has 2 rings (SSSR count). The van der Waals surface area contributed by atoms with Crippen LogP contribution in [0.25, 0.3) is 0 Å². The van der Waals surface area contributed by atoms with E-state index < -0.39 is 37.0 Å². The summed E-state index contributed by atoms with van der Waals surface area (Å²) in [6.07, 6.45) is -4.50. The Bertz CT molecular complexity index is 645. The lowest BCUT2D eigenvalue weighted by molar-refractivity contribution is -0.153. The summed E-state index contributed by atoms with van der Waals surface area (Å²) in [5.41, 5.74) is -0.827. The third-order valence-electron chi connectivity index (χ3n) is 4.40. The zero-order chi connectivity index (χ0) is 19.0.